The summed E-state index contributed by atoms with van der Waals surface area (Å²) in [6, 6.07) is 6.65. The van der Waals surface area contributed by atoms with Crippen molar-refractivity contribution in [3.05, 3.63) is 29.8 Å². The monoisotopic (exact) mass is 248 g/mol. The smallest absolute Gasteiger partial charge is 0.243 e. The van der Waals surface area contributed by atoms with Gasteiger partial charge >= 0.3 is 0 Å². The minimum Gasteiger partial charge on any atom is -0.347 e. The molecule has 18 heavy (non-hydrogen) atoms. The molecule has 0 aliphatic carbocycles. The van der Waals surface area contributed by atoms with E-state index in [1.807, 2.05) is 0 Å². The molecular formula is C13H16N2O3. The first-order chi connectivity index (χ1) is 8.52. The Bertz CT molecular complexity index is 469. The average molecular weight is 248 g/mol. The molecule has 0 heterocycles. The fourth-order valence-corrected chi connectivity index (χ4v) is 1.32. The normalized spacial score (nSPS) is 9.67. The summed E-state index contributed by atoms with van der Waals surface area (Å²) < 4.78 is 0. The van der Waals surface area contributed by atoms with Crippen LogP contribution < -0.4 is 10.6 Å². The standard InChI is InChI=1S/C13H16N2O3/c1-3-12(17)14-8-13(18)15-11-6-4-5-10(7-11)9(2)16/h4-7H,3,8H2,1-2H3,(H,14,17)(H,15,18). The third kappa shape index (κ3) is 4.37. The zero-order valence-corrected chi connectivity index (χ0v) is 10.4. The lowest BCUT2D eigenvalue weighted by molar-refractivity contribution is -0.123. The van der Waals surface area contributed by atoms with Gasteiger partial charge in [-0.25, -0.2) is 0 Å². The van der Waals surface area contributed by atoms with Gasteiger partial charge in [0.05, 0.1) is 6.54 Å². The van der Waals surface area contributed by atoms with Gasteiger partial charge in [0, 0.05) is 17.7 Å². The van der Waals surface area contributed by atoms with Crippen LogP contribution in [0.4, 0.5) is 5.69 Å². The number of nitrogens with one attached hydrogen (secondary N) is 2. The van der Waals surface area contributed by atoms with E-state index in [1.54, 1.807) is 31.2 Å². The largest absolute Gasteiger partial charge is 0.347 e. The fraction of sp³-hybridized carbons (Fsp3) is 0.308. The van der Waals surface area contributed by atoms with Gasteiger partial charge in [-0.3, -0.25) is 14.4 Å². The highest BCUT2D eigenvalue weighted by Gasteiger charge is 2.05. The number of benzene rings is 1. The number of anilines is 1. The molecule has 5 nitrogen and oxygen atoms in total. The molecule has 0 fully saturated rings. The summed E-state index contributed by atoms with van der Waals surface area (Å²) in [5.74, 6) is -0.564. The van der Waals surface area contributed by atoms with Gasteiger partial charge in [0.25, 0.3) is 0 Å². The van der Waals surface area contributed by atoms with Crippen LogP contribution >= 0.6 is 0 Å². The Morgan fingerprint density at radius 3 is 2.50 bits per heavy atom. The average Bonchev–Trinajstić information content (AvgIpc) is 2.36. The van der Waals surface area contributed by atoms with Crippen molar-refractivity contribution >= 4 is 23.3 Å². The summed E-state index contributed by atoms with van der Waals surface area (Å²) in [5, 5.41) is 5.08. The Labute approximate surface area is 106 Å². The zero-order valence-electron chi connectivity index (χ0n) is 10.4. The highest BCUT2D eigenvalue weighted by Crippen LogP contribution is 2.10. The molecule has 0 saturated heterocycles. The van der Waals surface area contributed by atoms with Gasteiger partial charge in [-0.2, -0.15) is 0 Å². The van der Waals surface area contributed by atoms with Gasteiger partial charge in [-0.1, -0.05) is 19.1 Å². The first-order valence-corrected chi connectivity index (χ1v) is 5.70. The van der Waals surface area contributed by atoms with Gasteiger partial charge in [-0.05, 0) is 19.1 Å². The predicted molar refractivity (Wildman–Crippen MR) is 68.4 cm³/mol. The van der Waals surface area contributed by atoms with E-state index in [-0.39, 0.29) is 24.1 Å². The van der Waals surface area contributed by atoms with Gasteiger partial charge in [-0.15, -0.1) is 0 Å². The summed E-state index contributed by atoms with van der Waals surface area (Å²) in [6.45, 7) is 3.10. The van der Waals surface area contributed by atoms with Gasteiger partial charge < -0.3 is 10.6 Å². The lowest BCUT2D eigenvalue weighted by atomic mass is 10.1. The minimum atomic E-state index is -0.322. The van der Waals surface area contributed by atoms with E-state index in [0.29, 0.717) is 17.7 Å². The number of Topliss-reactive ketones (excluding diaryl/α,β-unsaturated/α-hetero) is 1. The molecule has 2 N–H and O–H groups in total. The number of amides is 2. The molecule has 1 aromatic carbocycles. The Morgan fingerprint density at radius 2 is 1.89 bits per heavy atom. The number of rotatable bonds is 5. The van der Waals surface area contributed by atoms with Crippen LogP contribution in [0.5, 0.6) is 0 Å². The molecule has 0 radical (unpaired) electrons. The Balaban J connectivity index is 2.56. The summed E-state index contributed by atoms with van der Waals surface area (Å²) >= 11 is 0. The van der Waals surface area contributed by atoms with Crippen LogP contribution in [-0.2, 0) is 9.59 Å². The molecule has 0 aliphatic rings. The summed E-state index contributed by atoms with van der Waals surface area (Å²) in [5.41, 5.74) is 1.07. The van der Waals surface area contributed by atoms with E-state index in [2.05, 4.69) is 10.6 Å². The van der Waals surface area contributed by atoms with E-state index in [4.69, 9.17) is 0 Å². The second-order valence-corrected chi connectivity index (χ2v) is 3.82. The van der Waals surface area contributed by atoms with Crippen LogP contribution in [0.1, 0.15) is 30.6 Å². The first-order valence-electron chi connectivity index (χ1n) is 5.70. The molecule has 2 amide bonds. The third-order valence-electron chi connectivity index (χ3n) is 2.32. The Hall–Kier alpha value is -2.17. The molecule has 0 bridgehead atoms. The molecule has 0 aromatic heterocycles. The maximum Gasteiger partial charge on any atom is 0.243 e. The zero-order chi connectivity index (χ0) is 13.5. The van der Waals surface area contributed by atoms with Crippen LogP contribution in [0.25, 0.3) is 0 Å². The van der Waals surface area contributed by atoms with Gasteiger partial charge in [0.2, 0.25) is 11.8 Å². The van der Waals surface area contributed by atoms with Crippen LogP contribution in [-0.4, -0.2) is 24.1 Å². The summed E-state index contributed by atoms with van der Waals surface area (Å²) in [7, 11) is 0. The molecule has 0 atom stereocenters. The molecule has 0 spiro atoms. The third-order valence-corrected chi connectivity index (χ3v) is 2.32. The van der Waals surface area contributed by atoms with Crippen LogP contribution in [0.2, 0.25) is 0 Å². The second-order valence-electron chi connectivity index (χ2n) is 3.82. The molecule has 0 saturated carbocycles. The maximum absolute atomic E-state index is 11.5. The SMILES string of the molecule is CCC(=O)NCC(=O)Nc1cccc(C(C)=O)c1. The van der Waals surface area contributed by atoms with Crippen LogP contribution in [0, 0.1) is 0 Å². The van der Waals surface area contributed by atoms with E-state index >= 15 is 0 Å². The van der Waals surface area contributed by atoms with E-state index < -0.39 is 0 Å². The highest BCUT2D eigenvalue weighted by molar-refractivity contribution is 5.98. The molecule has 0 aliphatic heterocycles. The van der Waals surface area contributed by atoms with Gasteiger partial charge in [0.1, 0.15) is 0 Å². The number of carbonyl (C=O) groups is 3. The fourth-order valence-electron chi connectivity index (χ4n) is 1.32. The van der Waals surface area contributed by atoms with Crippen molar-refractivity contribution in [2.45, 2.75) is 20.3 Å². The topological polar surface area (TPSA) is 75.3 Å². The number of hydrogen-bond acceptors (Lipinski definition) is 3. The molecule has 96 valence electrons. The molecule has 1 rings (SSSR count). The minimum absolute atomic E-state index is 0.0645. The van der Waals surface area contributed by atoms with Crippen molar-refractivity contribution in [3.8, 4) is 0 Å². The van der Waals surface area contributed by atoms with Crippen molar-refractivity contribution in [2.24, 2.45) is 0 Å². The van der Waals surface area contributed by atoms with E-state index in [9.17, 15) is 14.4 Å². The van der Waals surface area contributed by atoms with E-state index in [1.165, 1.54) is 6.92 Å². The summed E-state index contributed by atoms with van der Waals surface area (Å²) in [4.78, 5) is 33.6. The summed E-state index contributed by atoms with van der Waals surface area (Å²) in [6.07, 6.45) is 0.340. The Kier molecular flexibility index (Phi) is 5.05. The number of ketones is 1. The van der Waals surface area contributed by atoms with Gasteiger partial charge in [0.15, 0.2) is 5.78 Å². The quantitative estimate of drug-likeness (QED) is 0.772. The van der Waals surface area contributed by atoms with Crippen molar-refractivity contribution < 1.29 is 14.4 Å². The Morgan fingerprint density at radius 1 is 1.17 bits per heavy atom. The molecular weight excluding hydrogens is 232 g/mol. The number of carbonyl (C=O) groups excluding carboxylic acids is 3. The molecule has 1 aromatic rings. The van der Waals surface area contributed by atoms with E-state index in [0.717, 1.165) is 0 Å². The highest BCUT2D eigenvalue weighted by atomic mass is 16.2. The number of hydrogen-bond donors (Lipinski definition) is 2. The lowest BCUT2D eigenvalue weighted by Gasteiger charge is -2.07. The first kappa shape index (κ1) is 13.9. The molecule has 5 heteroatoms. The van der Waals surface area contributed by atoms with Crippen molar-refractivity contribution in [2.75, 3.05) is 11.9 Å². The van der Waals surface area contributed by atoms with Crippen molar-refractivity contribution in [1.82, 2.24) is 5.32 Å². The van der Waals surface area contributed by atoms with Crippen molar-refractivity contribution in [1.29, 1.82) is 0 Å². The van der Waals surface area contributed by atoms with Crippen LogP contribution in [0.15, 0.2) is 24.3 Å². The lowest BCUT2D eigenvalue weighted by Crippen LogP contribution is -2.32. The molecule has 0 unspecified atom stereocenters. The van der Waals surface area contributed by atoms with Crippen LogP contribution in [0.3, 0.4) is 0 Å². The second kappa shape index (κ2) is 6.54. The predicted octanol–water partition coefficient (Wildman–Crippen LogP) is 1.35. The maximum atomic E-state index is 11.5. The van der Waals surface area contributed by atoms with Crippen molar-refractivity contribution in [3.63, 3.8) is 0 Å².